The van der Waals surface area contributed by atoms with Gasteiger partial charge in [0.25, 0.3) is 0 Å². The molecule has 0 fully saturated rings. The lowest BCUT2D eigenvalue weighted by molar-refractivity contribution is 1.13. The fourth-order valence-corrected chi connectivity index (χ4v) is 2.12. The summed E-state index contributed by atoms with van der Waals surface area (Å²) in [6, 6.07) is 8.54. The maximum atomic E-state index is 3.58. The first-order valence-corrected chi connectivity index (χ1v) is 7.42. The number of aryl methyl sites for hydroxylation is 1. The van der Waals surface area contributed by atoms with Crippen molar-refractivity contribution in [2.45, 2.75) is 13.3 Å². The van der Waals surface area contributed by atoms with Crippen molar-refractivity contribution in [3.63, 3.8) is 0 Å². The summed E-state index contributed by atoms with van der Waals surface area (Å²) in [5.41, 5.74) is 2.71. The lowest BCUT2D eigenvalue weighted by Gasteiger charge is -2.06. The molecule has 0 unspecified atom stereocenters. The van der Waals surface area contributed by atoms with E-state index in [9.17, 15) is 0 Å². The Morgan fingerprint density at radius 1 is 1.15 bits per heavy atom. The monoisotopic (exact) mass is 194 g/mol. The van der Waals surface area contributed by atoms with E-state index in [2.05, 4.69) is 55.1 Å². The Bertz CT molecular complexity index is 382. The SMILES string of the molecule is CCc1ccccc1C#S(C)(C)C. The summed E-state index contributed by atoms with van der Waals surface area (Å²) in [6.45, 7) is 2.19. The number of hydrogen-bond donors (Lipinski definition) is 0. The van der Waals surface area contributed by atoms with Crippen LogP contribution >= 0.6 is 9.44 Å². The quantitative estimate of drug-likeness (QED) is 0.644. The molecule has 0 N–H and O–H groups in total. The van der Waals surface area contributed by atoms with Crippen LogP contribution < -0.4 is 0 Å². The van der Waals surface area contributed by atoms with E-state index in [1.807, 2.05) is 0 Å². The van der Waals surface area contributed by atoms with Crippen LogP contribution in [0, 0.1) is 5.18 Å². The van der Waals surface area contributed by atoms with E-state index in [1.54, 1.807) is 0 Å². The van der Waals surface area contributed by atoms with Crippen LogP contribution in [0.1, 0.15) is 18.1 Å². The molecule has 0 aromatic heterocycles. The maximum absolute atomic E-state index is 3.58. The van der Waals surface area contributed by atoms with E-state index in [4.69, 9.17) is 0 Å². The minimum atomic E-state index is -0.660. The average molecular weight is 194 g/mol. The van der Waals surface area contributed by atoms with Crippen LogP contribution in [0.4, 0.5) is 0 Å². The third-order valence-corrected chi connectivity index (χ3v) is 2.65. The molecule has 0 atom stereocenters. The predicted octanol–water partition coefficient (Wildman–Crippen LogP) is 3.25. The van der Waals surface area contributed by atoms with Gasteiger partial charge >= 0.3 is 0 Å². The first-order chi connectivity index (χ1) is 6.03. The van der Waals surface area contributed by atoms with Gasteiger partial charge in [0.05, 0.1) is 0 Å². The van der Waals surface area contributed by atoms with Crippen LogP contribution in [0.2, 0.25) is 0 Å². The Balaban J connectivity index is 3.26. The van der Waals surface area contributed by atoms with Crippen molar-refractivity contribution in [3.05, 3.63) is 35.4 Å². The fourth-order valence-electron chi connectivity index (χ4n) is 1.26. The minimum absolute atomic E-state index is 0.660. The summed E-state index contributed by atoms with van der Waals surface area (Å²) in [5, 5.41) is 3.58. The van der Waals surface area contributed by atoms with Crippen molar-refractivity contribution in [1.82, 2.24) is 0 Å². The third-order valence-electron chi connectivity index (χ3n) is 1.81. The van der Waals surface area contributed by atoms with Crippen LogP contribution in [0.5, 0.6) is 0 Å². The molecule has 1 aromatic rings. The second kappa shape index (κ2) is 4.04. The Kier molecular flexibility index (Phi) is 3.24. The number of hydrogen-bond acceptors (Lipinski definition) is 0. The van der Waals surface area contributed by atoms with E-state index in [1.165, 1.54) is 11.1 Å². The van der Waals surface area contributed by atoms with Crippen molar-refractivity contribution >= 4 is 9.44 Å². The number of benzene rings is 1. The molecule has 0 saturated carbocycles. The normalized spacial score (nSPS) is 11.1. The summed E-state index contributed by atoms with van der Waals surface area (Å²) in [5.74, 6) is 0. The van der Waals surface area contributed by atoms with Crippen LogP contribution in [0.15, 0.2) is 24.3 Å². The highest BCUT2D eigenvalue weighted by Crippen LogP contribution is 2.20. The molecule has 0 radical (unpaired) electrons. The van der Waals surface area contributed by atoms with Crippen LogP contribution in [0.25, 0.3) is 0 Å². The topological polar surface area (TPSA) is 0 Å². The molecule has 1 heteroatoms. The smallest absolute Gasteiger partial charge is 0.0249 e. The van der Waals surface area contributed by atoms with Crippen molar-refractivity contribution < 1.29 is 0 Å². The Morgan fingerprint density at radius 2 is 1.77 bits per heavy atom. The van der Waals surface area contributed by atoms with E-state index < -0.39 is 9.44 Å². The molecule has 0 heterocycles. The Morgan fingerprint density at radius 3 is 2.31 bits per heavy atom. The van der Waals surface area contributed by atoms with Crippen molar-refractivity contribution in [1.29, 1.82) is 0 Å². The second-order valence-electron chi connectivity index (χ2n) is 3.95. The molecular weight excluding hydrogens is 176 g/mol. The largest absolute Gasteiger partial charge is 0.193 e. The summed E-state index contributed by atoms with van der Waals surface area (Å²) < 4.78 is 0. The van der Waals surface area contributed by atoms with Gasteiger partial charge in [0.1, 0.15) is 0 Å². The summed E-state index contributed by atoms with van der Waals surface area (Å²) in [6.07, 6.45) is 7.89. The summed E-state index contributed by atoms with van der Waals surface area (Å²) >= 11 is 0. The fraction of sp³-hybridized carbons (Fsp3) is 0.417. The van der Waals surface area contributed by atoms with E-state index in [-0.39, 0.29) is 0 Å². The lowest BCUT2D eigenvalue weighted by Crippen LogP contribution is -1.87. The zero-order valence-corrected chi connectivity index (χ0v) is 9.74. The molecule has 1 aromatic carbocycles. The minimum Gasteiger partial charge on any atom is -0.193 e. The van der Waals surface area contributed by atoms with Gasteiger partial charge in [0.2, 0.25) is 0 Å². The highest BCUT2D eigenvalue weighted by molar-refractivity contribution is 8.22. The highest BCUT2D eigenvalue weighted by atomic mass is 32.2. The van der Waals surface area contributed by atoms with Gasteiger partial charge in [-0.25, -0.2) is 0 Å². The first kappa shape index (κ1) is 10.4. The molecule has 0 bridgehead atoms. The van der Waals surface area contributed by atoms with Crippen molar-refractivity contribution in [3.8, 4) is 5.18 Å². The van der Waals surface area contributed by atoms with Crippen LogP contribution in [-0.2, 0) is 6.42 Å². The van der Waals surface area contributed by atoms with Crippen molar-refractivity contribution in [2.75, 3.05) is 18.8 Å². The van der Waals surface area contributed by atoms with Crippen LogP contribution in [-0.4, -0.2) is 18.8 Å². The molecule has 0 saturated heterocycles. The Hall–Kier alpha value is -0.650. The highest BCUT2D eigenvalue weighted by Gasteiger charge is 1.95. The number of rotatable bonds is 1. The molecule has 13 heavy (non-hydrogen) atoms. The van der Waals surface area contributed by atoms with E-state index in [0.717, 1.165) is 6.42 Å². The molecule has 72 valence electrons. The molecule has 0 aliphatic carbocycles. The van der Waals surface area contributed by atoms with Gasteiger partial charge in [0, 0.05) is 5.56 Å². The summed E-state index contributed by atoms with van der Waals surface area (Å²) in [7, 11) is -0.660. The maximum Gasteiger partial charge on any atom is 0.0249 e. The molecular formula is C12H18S. The van der Waals surface area contributed by atoms with E-state index in [0.29, 0.717) is 0 Å². The van der Waals surface area contributed by atoms with E-state index >= 15 is 0 Å². The first-order valence-electron chi connectivity index (χ1n) is 4.57. The van der Waals surface area contributed by atoms with Gasteiger partial charge in [-0.1, -0.05) is 30.3 Å². The zero-order chi connectivity index (χ0) is 9.90. The predicted molar refractivity (Wildman–Crippen MR) is 64.2 cm³/mol. The molecule has 0 nitrogen and oxygen atoms in total. The molecule has 0 amide bonds. The van der Waals surface area contributed by atoms with Gasteiger partial charge in [-0.3, -0.25) is 0 Å². The van der Waals surface area contributed by atoms with Gasteiger partial charge in [-0.2, -0.15) is 9.44 Å². The molecule has 0 spiro atoms. The standard InChI is InChI=1S/C12H18S/c1-5-11-8-6-7-9-12(11)10-13(2,3)4/h6-9H,5H2,1-4H3. The molecule has 1 rings (SSSR count). The van der Waals surface area contributed by atoms with Gasteiger partial charge < -0.3 is 0 Å². The van der Waals surface area contributed by atoms with Crippen molar-refractivity contribution in [2.24, 2.45) is 0 Å². The van der Waals surface area contributed by atoms with Gasteiger partial charge in [-0.15, -0.1) is 0 Å². The lowest BCUT2D eigenvalue weighted by atomic mass is 10.1. The second-order valence-corrected chi connectivity index (χ2v) is 7.83. The van der Waals surface area contributed by atoms with Gasteiger partial charge in [0.15, 0.2) is 0 Å². The molecule has 0 aliphatic rings. The molecule has 0 aliphatic heterocycles. The van der Waals surface area contributed by atoms with Gasteiger partial charge in [-0.05, 0) is 36.8 Å². The summed E-state index contributed by atoms with van der Waals surface area (Å²) in [4.78, 5) is 0. The third kappa shape index (κ3) is 3.30. The Labute approximate surface area is 82.5 Å². The van der Waals surface area contributed by atoms with Crippen LogP contribution in [0.3, 0.4) is 0 Å². The zero-order valence-electron chi connectivity index (χ0n) is 8.92. The average Bonchev–Trinajstić information content (AvgIpc) is 2.02.